The molecule has 4 rings (SSSR count). The van der Waals surface area contributed by atoms with E-state index in [1.54, 1.807) is 21.9 Å². The van der Waals surface area contributed by atoms with Crippen molar-refractivity contribution in [3.05, 3.63) is 94.5 Å². The Labute approximate surface area is 177 Å². The largest absolute Gasteiger partial charge is 0.368 e. The average molecular weight is 455 g/mol. The molecule has 6 heteroatoms. The maximum Gasteiger partial charge on any atom is 0.217 e. The van der Waals surface area contributed by atoms with Gasteiger partial charge in [0, 0.05) is 21.4 Å². The van der Waals surface area contributed by atoms with Gasteiger partial charge in [0.25, 0.3) is 0 Å². The van der Waals surface area contributed by atoms with Crippen molar-refractivity contribution in [3.8, 4) is 0 Å². The molecule has 0 spiro atoms. The minimum atomic E-state index is -1.75. The van der Waals surface area contributed by atoms with Gasteiger partial charge in [-0.2, -0.15) is 0 Å². The molecule has 0 aromatic heterocycles. The van der Waals surface area contributed by atoms with Gasteiger partial charge >= 0.3 is 0 Å². The van der Waals surface area contributed by atoms with E-state index in [2.05, 4.69) is 15.9 Å². The summed E-state index contributed by atoms with van der Waals surface area (Å²) in [5.74, 6) is 0. The standard InChI is InChI=1S/C22H19BrN2O2S/c1-15-7-13-18(14-8-15)24-20(26)22(27,16-9-11-17(23)12-10-16)25(21(24)28)19-5-3-2-4-6-19/h2-14,20,26-27H,1H3/t20-,22+/m0/s1. The molecular weight excluding hydrogens is 436 g/mol. The fourth-order valence-electron chi connectivity index (χ4n) is 3.47. The topological polar surface area (TPSA) is 46.9 Å². The first kappa shape index (κ1) is 19.1. The highest BCUT2D eigenvalue weighted by Gasteiger charge is 2.56. The number of rotatable bonds is 3. The second kappa shape index (κ2) is 7.29. The number of aliphatic hydroxyl groups is 2. The summed E-state index contributed by atoms with van der Waals surface area (Å²) in [5, 5.41) is 23.4. The second-order valence-corrected chi connectivity index (χ2v) is 8.05. The number of hydrogen-bond donors (Lipinski definition) is 2. The van der Waals surface area contributed by atoms with Crippen LogP contribution in [0.2, 0.25) is 0 Å². The molecule has 2 N–H and O–H groups in total. The van der Waals surface area contributed by atoms with Gasteiger partial charge in [-0.15, -0.1) is 0 Å². The quantitative estimate of drug-likeness (QED) is 0.569. The number of thiocarbonyl (C=S) groups is 1. The lowest BCUT2D eigenvalue weighted by Gasteiger charge is -2.35. The van der Waals surface area contributed by atoms with Gasteiger partial charge in [0.15, 0.2) is 11.3 Å². The number of aryl methyl sites for hydroxylation is 1. The summed E-state index contributed by atoms with van der Waals surface area (Å²) in [6, 6.07) is 24.3. The van der Waals surface area contributed by atoms with Gasteiger partial charge in [-0.1, -0.05) is 64.0 Å². The third-order valence-electron chi connectivity index (χ3n) is 4.94. The van der Waals surface area contributed by atoms with Gasteiger partial charge < -0.3 is 10.2 Å². The van der Waals surface area contributed by atoms with Crippen molar-refractivity contribution in [1.29, 1.82) is 0 Å². The van der Waals surface area contributed by atoms with Gasteiger partial charge in [-0.25, -0.2) is 0 Å². The average Bonchev–Trinajstić information content (AvgIpc) is 2.90. The monoisotopic (exact) mass is 454 g/mol. The van der Waals surface area contributed by atoms with Crippen LogP contribution >= 0.6 is 28.1 Å². The molecule has 3 aromatic rings. The molecule has 142 valence electrons. The summed E-state index contributed by atoms with van der Waals surface area (Å²) in [7, 11) is 0. The number of nitrogens with zero attached hydrogens (tertiary/aromatic N) is 2. The highest BCUT2D eigenvalue weighted by atomic mass is 79.9. The molecule has 0 bridgehead atoms. The Balaban J connectivity index is 1.89. The lowest BCUT2D eigenvalue weighted by Crippen LogP contribution is -2.49. The summed E-state index contributed by atoms with van der Waals surface area (Å²) in [6.07, 6.45) is -1.29. The molecule has 3 aromatic carbocycles. The number of aliphatic hydroxyl groups excluding tert-OH is 1. The molecule has 4 nitrogen and oxygen atoms in total. The van der Waals surface area contributed by atoms with Crippen LogP contribution in [0.25, 0.3) is 0 Å². The van der Waals surface area contributed by atoms with E-state index >= 15 is 0 Å². The fourth-order valence-corrected chi connectivity index (χ4v) is 4.18. The van der Waals surface area contributed by atoms with Crippen LogP contribution in [0.1, 0.15) is 11.1 Å². The van der Waals surface area contributed by atoms with E-state index in [1.165, 1.54) is 0 Å². The predicted molar refractivity (Wildman–Crippen MR) is 119 cm³/mol. The zero-order valence-corrected chi connectivity index (χ0v) is 17.6. The van der Waals surface area contributed by atoms with Crippen molar-refractivity contribution in [2.75, 3.05) is 9.80 Å². The molecule has 0 aliphatic carbocycles. The van der Waals surface area contributed by atoms with Crippen LogP contribution in [0.3, 0.4) is 0 Å². The van der Waals surface area contributed by atoms with Crippen molar-refractivity contribution in [2.45, 2.75) is 18.9 Å². The number of hydrogen-bond acceptors (Lipinski definition) is 3. The minimum Gasteiger partial charge on any atom is -0.368 e. The van der Waals surface area contributed by atoms with Crippen molar-refractivity contribution in [2.24, 2.45) is 0 Å². The van der Waals surface area contributed by atoms with E-state index in [-0.39, 0.29) is 0 Å². The van der Waals surface area contributed by atoms with Crippen LogP contribution in [0.15, 0.2) is 83.3 Å². The Hall–Kier alpha value is -2.25. The third-order valence-corrected chi connectivity index (χ3v) is 5.85. The Morgan fingerprint density at radius 1 is 0.893 bits per heavy atom. The van der Waals surface area contributed by atoms with Crippen molar-refractivity contribution in [3.63, 3.8) is 0 Å². The number of halogens is 1. The lowest BCUT2D eigenvalue weighted by atomic mass is 9.99. The molecule has 1 saturated heterocycles. The van der Waals surface area contributed by atoms with Crippen LogP contribution in [0.5, 0.6) is 0 Å². The van der Waals surface area contributed by atoms with Gasteiger partial charge in [-0.05, 0) is 55.5 Å². The van der Waals surface area contributed by atoms with Crippen LogP contribution in [0.4, 0.5) is 11.4 Å². The Kier molecular flexibility index (Phi) is 4.97. The summed E-state index contributed by atoms with van der Waals surface area (Å²) in [5.41, 5.74) is 1.32. The lowest BCUT2D eigenvalue weighted by molar-refractivity contribution is -0.0546. The summed E-state index contributed by atoms with van der Waals surface area (Å²) < 4.78 is 0.886. The molecule has 1 aliphatic heterocycles. The summed E-state index contributed by atoms with van der Waals surface area (Å²) >= 11 is 9.15. The van der Waals surface area contributed by atoms with E-state index in [9.17, 15) is 10.2 Å². The first-order valence-electron chi connectivity index (χ1n) is 8.84. The fraction of sp³-hybridized carbons (Fsp3) is 0.136. The van der Waals surface area contributed by atoms with Gasteiger partial charge in [0.2, 0.25) is 5.72 Å². The van der Waals surface area contributed by atoms with Crippen LogP contribution < -0.4 is 9.80 Å². The number of benzene rings is 3. The molecular formula is C22H19BrN2O2S. The Bertz CT molecular complexity index is 995. The molecule has 1 aliphatic rings. The van der Waals surface area contributed by atoms with Crippen LogP contribution in [0, 0.1) is 6.92 Å². The normalized spacial score (nSPS) is 22.0. The molecule has 0 radical (unpaired) electrons. The highest BCUT2D eigenvalue weighted by molar-refractivity contribution is 9.10. The van der Waals surface area contributed by atoms with Gasteiger partial charge in [0.05, 0.1) is 0 Å². The predicted octanol–water partition coefficient (Wildman–Crippen LogP) is 4.53. The van der Waals surface area contributed by atoms with E-state index in [0.29, 0.717) is 16.4 Å². The molecule has 2 atom stereocenters. The first-order valence-corrected chi connectivity index (χ1v) is 10.0. The van der Waals surface area contributed by atoms with Crippen molar-refractivity contribution >= 4 is 44.6 Å². The third kappa shape index (κ3) is 3.02. The highest BCUT2D eigenvalue weighted by Crippen LogP contribution is 2.43. The maximum atomic E-state index is 11.8. The Morgan fingerprint density at radius 2 is 1.50 bits per heavy atom. The summed E-state index contributed by atoms with van der Waals surface area (Å²) in [6.45, 7) is 2.00. The SMILES string of the molecule is Cc1ccc(N2C(=S)N(c3ccccc3)[C@@](O)(c3ccc(Br)cc3)[C@@H]2O)cc1. The van der Waals surface area contributed by atoms with Crippen LogP contribution in [-0.2, 0) is 5.72 Å². The van der Waals surface area contributed by atoms with Gasteiger partial charge in [0.1, 0.15) is 0 Å². The van der Waals surface area contributed by atoms with Crippen molar-refractivity contribution in [1.82, 2.24) is 0 Å². The van der Waals surface area contributed by atoms with E-state index in [1.807, 2.05) is 73.7 Å². The molecule has 28 heavy (non-hydrogen) atoms. The maximum absolute atomic E-state index is 11.8. The summed E-state index contributed by atoms with van der Waals surface area (Å²) in [4.78, 5) is 3.19. The zero-order chi connectivity index (χ0) is 19.9. The van der Waals surface area contributed by atoms with E-state index in [4.69, 9.17) is 12.2 Å². The van der Waals surface area contributed by atoms with Gasteiger partial charge in [-0.3, -0.25) is 9.80 Å². The smallest absolute Gasteiger partial charge is 0.217 e. The number of para-hydroxylation sites is 1. The van der Waals surface area contributed by atoms with E-state index < -0.39 is 12.0 Å². The Morgan fingerprint density at radius 3 is 2.11 bits per heavy atom. The molecule has 0 saturated carbocycles. The minimum absolute atomic E-state index is 0.327. The molecule has 0 amide bonds. The second-order valence-electron chi connectivity index (χ2n) is 6.77. The van der Waals surface area contributed by atoms with Crippen LogP contribution in [-0.4, -0.2) is 21.6 Å². The molecule has 1 heterocycles. The molecule has 0 unspecified atom stereocenters. The number of anilines is 2. The molecule has 1 fully saturated rings. The van der Waals surface area contributed by atoms with E-state index in [0.717, 1.165) is 15.7 Å². The van der Waals surface area contributed by atoms with Crippen molar-refractivity contribution < 1.29 is 10.2 Å². The first-order chi connectivity index (χ1) is 13.4. The zero-order valence-electron chi connectivity index (χ0n) is 15.2.